The van der Waals surface area contributed by atoms with Crippen molar-refractivity contribution in [2.24, 2.45) is 17.8 Å². The maximum absolute atomic E-state index is 11.7. The molecule has 6 heteroatoms. The summed E-state index contributed by atoms with van der Waals surface area (Å²) in [5, 5.41) is 14.5. The second-order valence-corrected chi connectivity index (χ2v) is 9.70. The summed E-state index contributed by atoms with van der Waals surface area (Å²) in [4.78, 5) is 11.7. The molecule has 1 heterocycles. The summed E-state index contributed by atoms with van der Waals surface area (Å²) in [7, 11) is 0. The van der Waals surface area contributed by atoms with Crippen LogP contribution in [0.25, 0.3) is 0 Å². The number of hydrogen-bond acceptors (Lipinski definition) is 3. The number of hydrogen-bond donors (Lipinski definition) is 1. The van der Waals surface area contributed by atoms with E-state index in [-0.39, 0.29) is 5.41 Å². The van der Waals surface area contributed by atoms with Crippen LogP contribution in [0.5, 0.6) is 0 Å². The molecule has 28 heavy (non-hydrogen) atoms. The summed E-state index contributed by atoms with van der Waals surface area (Å²) in [6, 6.07) is 9.53. The molecule has 2 aromatic rings. The lowest BCUT2D eigenvalue weighted by molar-refractivity contribution is -0.140. The van der Waals surface area contributed by atoms with Crippen LogP contribution in [-0.2, 0) is 16.8 Å². The lowest BCUT2D eigenvalue weighted by Gasteiger charge is -2.56. The maximum atomic E-state index is 11.7. The van der Waals surface area contributed by atoms with Crippen molar-refractivity contribution < 1.29 is 9.90 Å². The van der Waals surface area contributed by atoms with E-state index in [4.69, 9.17) is 17.3 Å². The highest BCUT2D eigenvalue weighted by Crippen LogP contribution is 2.60. The SMILES string of the molecule is CC(C(=O)O)n1nc(C23CC4CC(CC(C4)C2)C3)n(Cc2ccccc2)c1=S. The Hall–Kier alpha value is -1.95. The standard InChI is InChI=1S/C22H27N3O2S/c1-14(19(26)27)25-21(28)24(13-15-5-3-2-4-6-15)20(23-25)22-10-16-7-17(11-22)9-18(8-16)12-22/h2-6,14,16-18H,7-13H2,1H3,(H,26,27). The Morgan fingerprint density at radius 3 is 2.29 bits per heavy atom. The van der Waals surface area contributed by atoms with Crippen molar-refractivity contribution >= 4 is 18.2 Å². The van der Waals surface area contributed by atoms with Gasteiger partial charge in [0.25, 0.3) is 0 Å². The zero-order valence-electron chi connectivity index (χ0n) is 16.3. The number of aromatic nitrogens is 3. The highest BCUT2D eigenvalue weighted by Gasteiger charge is 2.54. The molecule has 148 valence electrons. The molecule has 0 amide bonds. The van der Waals surface area contributed by atoms with Crippen LogP contribution >= 0.6 is 12.2 Å². The Labute approximate surface area is 170 Å². The molecule has 6 rings (SSSR count). The third-order valence-electron chi connectivity index (χ3n) is 7.31. The monoisotopic (exact) mass is 397 g/mol. The van der Waals surface area contributed by atoms with Crippen molar-refractivity contribution in [3.8, 4) is 0 Å². The number of carbonyl (C=O) groups is 1. The molecular formula is C22H27N3O2S. The van der Waals surface area contributed by atoms with Crippen molar-refractivity contribution in [3.63, 3.8) is 0 Å². The third-order valence-corrected chi connectivity index (χ3v) is 7.71. The van der Waals surface area contributed by atoms with Gasteiger partial charge in [0.2, 0.25) is 0 Å². The van der Waals surface area contributed by atoms with Crippen LogP contribution in [0, 0.1) is 22.5 Å². The first-order valence-electron chi connectivity index (χ1n) is 10.4. The molecule has 1 N–H and O–H groups in total. The summed E-state index contributed by atoms with van der Waals surface area (Å²) in [6.45, 7) is 2.32. The largest absolute Gasteiger partial charge is 0.480 e. The number of carboxylic acid groups (broad SMARTS) is 1. The molecule has 1 atom stereocenters. The van der Waals surface area contributed by atoms with Crippen LogP contribution in [0.2, 0.25) is 0 Å². The Bertz CT molecular complexity index is 927. The molecule has 0 spiro atoms. The maximum Gasteiger partial charge on any atom is 0.328 e. The second kappa shape index (κ2) is 6.55. The van der Waals surface area contributed by atoms with Crippen molar-refractivity contribution in [1.82, 2.24) is 14.3 Å². The average Bonchev–Trinajstić information content (AvgIpc) is 2.98. The molecule has 0 saturated heterocycles. The zero-order chi connectivity index (χ0) is 19.5. The van der Waals surface area contributed by atoms with Crippen LogP contribution < -0.4 is 0 Å². The lowest BCUT2D eigenvalue weighted by atomic mass is 9.49. The van der Waals surface area contributed by atoms with Gasteiger partial charge in [-0.3, -0.25) is 4.57 Å². The summed E-state index contributed by atoms with van der Waals surface area (Å²) in [5.74, 6) is 2.54. The van der Waals surface area contributed by atoms with Crippen molar-refractivity contribution in [1.29, 1.82) is 0 Å². The number of aliphatic carboxylic acids is 1. The highest BCUT2D eigenvalue weighted by molar-refractivity contribution is 7.71. The van der Waals surface area contributed by atoms with Crippen LogP contribution in [0.15, 0.2) is 30.3 Å². The molecule has 0 aliphatic heterocycles. The minimum absolute atomic E-state index is 0.0700. The third kappa shape index (κ3) is 2.84. The first-order valence-corrected chi connectivity index (χ1v) is 10.8. The van der Waals surface area contributed by atoms with Gasteiger partial charge in [-0.15, -0.1) is 0 Å². The molecule has 5 nitrogen and oxygen atoms in total. The number of carboxylic acids is 1. The fourth-order valence-corrected chi connectivity index (χ4v) is 6.81. The van der Waals surface area contributed by atoms with E-state index < -0.39 is 12.0 Å². The zero-order valence-corrected chi connectivity index (χ0v) is 17.1. The van der Waals surface area contributed by atoms with E-state index in [0.717, 1.165) is 23.6 Å². The van der Waals surface area contributed by atoms with Gasteiger partial charge >= 0.3 is 5.97 Å². The molecule has 4 saturated carbocycles. The minimum atomic E-state index is -0.891. The summed E-state index contributed by atoms with van der Waals surface area (Å²) in [5.41, 5.74) is 1.24. The lowest BCUT2D eigenvalue weighted by Crippen LogP contribution is -2.49. The van der Waals surface area contributed by atoms with E-state index in [1.165, 1.54) is 44.1 Å². The highest BCUT2D eigenvalue weighted by atomic mass is 32.1. The Kier molecular flexibility index (Phi) is 4.23. The van der Waals surface area contributed by atoms with Crippen LogP contribution in [0.4, 0.5) is 0 Å². The number of rotatable bonds is 5. The first kappa shape index (κ1) is 18.1. The molecule has 4 fully saturated rings. The fourth-order valence-electron chi connectivity index (χ4n) is 6.46. The predicted molar refractivity (Wildman–Crippen MR) is 109 cm³/mol. The smallest absolute Gasteiger partial charge is 0.328 e. The number of benzene rings is 1. The van der Waals surface area contributed by atoms with E-state index in [1.54, 1.807) is 11.6 Å². The van der Waals surface area contributed by atoms with Gasteiger partial charge in [-0.05, 0) is 81.0 Å². The van der Waals surface area contributed by atoms with Gasteiger partial charge < -0.3 is 5.11 Å². The Morgan fingerprint density at radius 2 is 1.75 bits per heavy atom. The quantitative estimate of drug-likeness (QED) is 0.751. The second-order valence-electron chi connectivity index (χ2n) is 9.33. The van der Waals surface area contributed by atoms with Crippen molar-refractivity contribution in [3.05, 3.63) is 46.5 Å². The van der Waals surface area contributed by atoms with E-state index in [1.807, 2.05) is 18.2 Å². The molecule has 1 unspecified atom stereocenters. The van der Waals surface area contributed by atoms with Crippen molar-refractivity contribution in [2.45, 2.75) is 63.5 Å². The van der Waals surface area contributed by atoms with Crippen molar-refractivity contribution in [2.75, 3.05) is 0 Å². The van der Waals surface area contributed by atoms with Gasteiger partial charge in [-0.2, -0.15) is 5.10 Å². The van der Waals surface area contributed by atoms with Gasteiger partial charge in [0, 0.05) is 5.41 Å². The fraction of sp³-hybridized carbons (Fsp3) is 0.591. The average molecular weight is 398 g/mol. The molecule has 4 bridgehead atoms. The minimum Gasteiger partial charge on any atom is -0.480 e. The van der Waals surface area contributed by atoms with Gasteiger partial charge in [-0.25, -0.2) is 9.48 Å². The Balaban J connectivity index is 1.63. The predicted octanol–water partition coefficient (Wildman–Crippen LogP) is 4.58. The Morgan fingerprint density at radius 1 is 1.18 bits per heavy atom. The van der Waals surface area contributed by atoms with E-state index >= 15 is 0 Å². The molecule has 4 aliphatic rings. The molecule has 1 aromatic heterocycles. The number of nitrogens with zero attached hydrogens (tertiary/aromatic N) is 3. The van der Waals surface area contributed by atoms with Gasteiger partial charge in [-0.1, -0.05) is 30.3 Å². The molecular weight excluding hydrogens is 370 g/mol. The normalized spacial score (nSPS) is 31.8. The first-order chi connectivity index (χ1) is 13.4. The molecule has 4 aliphatic carbocycles. The van der Waals surface area contributed by atoms with Crippen LogP contribution in [0.1, 0.15) is 62.9 Å². The summed E-state index contributed by atoms with van der Waals surface area (Å²) >= 11 is 5.76. The topological polar surface area (TPSA) is 60.0 Å². The van der Waals surface area contributed by atoms with Gasteiger partial charge in [0.15, 0.2) is 4.77 Å². The summed E-state index contributed by atoms with van der Waals surface area (Å²) in [6.07, 6.45) is 7.64. The van der Waals surface area contributed by atoms with E-state index in [0.29, 0.717) is 11.3 Å². The van der Waals surface area contributed by atoms with Gasteiger partial charge in [0.1, 0.15) is 11.9 Å². The van der Waals surface area contributed by atoms with Gasteiger partial charge in [0.05, 0.1) is 6.54 Å². The van der Waals surface area contributed by atoms with E-state index in [9.17, 15) is 9.90 Å². The summed E-state index contributed by atoms with van der Waals surface area (Å²) < 4.78 is 4.23. The van der Waals surface area contributed by atoms with E-state index in [2.05, 4.69) is 16.7 Å². The molecule has 1 aromatic carbocycles. The van der Waals surface area contributed by atoms with Crippen LogP contribution in [0.3, 0.4) is 0 Å². The molecule has 0 radical (unpaired) electrons. The van der Waals surface area contributed by atoms with Crippen LogP contribution in [-0.4, -0.2) is 25.4 Å².